The molecular formula is C23H36N2O7S. The second-order valence-corrected chi connectivity index (χ2v) is 11.1. The van der Waals surface area contributed by atoms with Crippen LogP contribution in [0.25, 0.3) is 0 Å². The molecule has 2 aliphatic rings. The predicted octanol–water partition coefficient (Wildman–Crippen LogP) is 2.46. The van der Waals surface area contributed by atoms with E-state index < -0.39 is 22.2 Å². The van der Waals surface area contributed by atoms with Gasteiger partial charge in [-0.2, -0.15) is 12.7 Å². The monoisotopic (exact) mass is 484 g/mol. The van der Waals surface area contributed by atoms with Crippen molar-refractivity contribution in [1.82, 2.24) is 4.31 Å². The first-order chi connectivity index (χ1) is 15.6. The zero-order valence-corrected chi connectivity index (χ0v) is 20.8. The standard InChI is InChI=1S/C23H36N2O7S/c1-23(2,3)21-17-18(9-14-31-21)22(26)32-33(27,28)25-12-10-24(11-13-25)19-5-7-20(8-6-19)30-16-15-29-4/h5-8,18,21H,9-17H2,1-4H3. The highest BCUT2D eigenvalue weighted by Gasteiger charge is 2.38. The molecule has 0 bridgehead atoms. The number of ether oxygens (including phenoxy) is 3. The molecule has 0 spiro atoms. The average Bonchev–Trinajstić information content (AvgIpc) is 2.79. The Hall–Kier alpha value is -1.88. The minimum Gasteiger partial charge on any atom is -0.491 e. The molecule has 0 aromatic heterocycles. The van der Waals surface area contributed by atoms with Gasteiger partial charge in [0.2, 0.25) is 0 Å². The van der Waals surface area contributed by atoms with E-state index in [2.05, 4.69) is 4.90 Å². The topological polar surface area (TPSA) is 94.6 Å². The summed E-state index contributed by atoms with van der Waals surface area (Å²) < 4.78 is 48.1. The molecule has 0 N–H and O–H groups in total. The molecule has 0 aliphatic carbocycles. The summed E-state index contributed by atoms with van der Waals surface area (Å²) in [5, 5.41) is 0. The quantitative estimate of drug-likeness (QED) is 0.520. The van der Waals surface area contributed by atoms with Crippen molar-refractivity contribution in [2.75, 3.05) is 58.0 Å². The number of hydrogen-bond acceptors (Lipinski definition) is 8. The van der Waals surface area contributed by atoms with Crippen molar-refractivity contribution >= 4 is 22.0 Å². The van der Waals surface area contributed by atoms with E-state index in [1.807, 2.05) is 45.0 Å². The maximum atomic E-state index is 12.7. The normalized spacial score (nSPS) is 22.7. The van der Waals surface area contributed by atoms with Crippen LogP contribution in [-0.4, -0.2) is 77.9 Å². The molecule has 2 heterocycles. The molecule has 2 atom stereocenters. The van der Waals surface area contributed by atoms with Gasteiger partial charge in [0.15, 0.2) is 0 Å². The summed E-state index contributed by atoms with van der Waals surface area (Å²) in [6.45, 7) is 9.08. The summed E-state index contributed by atoms with van der Waals surface area (Å²) >= 11 is 0. The maximum absolute atomic E-state index is 12.7. The van der Waals surface area contributed by atoms with Crippen molar-refractivity contribution in [3.8, 4) is 5.75 Å². The number of piperazine rings is 1. The van der Waals surface area contributed by atoms with Crippen LogP contribution in [0.3, 0.4) is 0 Å². The predicted molar refractivity (Wildman–Crippen MR) is 125 cm³/mol. The number of anilines is 1. The van der Waals surface area contributed by atoms with Crippen LogP contribution in [0.2, 0.25) is 0 Å². The maximum Gasteiger partial charge on any atom is 0.387 e. The Labute approximate surface area is 197 Å². The van der Waals surface area contributed by atoms with Crippen LogP contribution in [0.5, 0.6) is 5.75 Å². The lowest BCUT2D eigenvalue weighted by atomic mass is 9.81. The molecule has 2 unspecified atom stereocenters. The van der Waals surface area contributed by atoms with E-state index in [0.717, 1.165) is 11.4 Å². The molecule has 10 heteroatoms. The molecule has 186 valence electrons. The number of rotatable bonds is 8. The summed E-state index contributed by atoms with van der Waals surface area (Å²) in [6.07, 6.45) is 0.836. The molecule has 2 aliphatic heterocycles. The third kappa shape index (κ3) is 7.05. The molecule has 0 amide bonds. The van der Waals surface area contributed by atoms with Crippen LogP contribution in [0.1, 0.15) is 33.6 Å². The zero-order valence-electron chi connectivity index (χ0n) is 20.0. The highest BCUT2D eigenvalue weighted by Crippen LogP contribution is 2.33. The molecule has 1 aromatic rings. The minimum atomic E-state index is -4.13. The SMILES string of the molecule is COCCOc1ccc(N2CCN(S(=O)(=O)OC(=O)C3CCOC(C(C)(C)C)C3)CC2)cc1. The molecule has 2 fully saturated rings. The molecule has 3 rings (SSSR count). The minimum absolute atomic E-state index is 0.105. The lowest BCUT2D eigenvalue weighted by Gasteiger charge is -2.37. The third-order valence-electron chi connectivity index (χ3n) is 6.08. The van der Waals surface area contributed by atoms with E-state index in [4.69, 9.17) is 18.4 Å². The van der Waals surface area contributed by atoms with Gasteiger partial charge in [-0.1, -0.05) is 20.8 Å². The lowest BCUT2D eigenvalue weighted by molar-refractivity contribution is -0.147. The second kappa shape index (κ2) is 11.0. The van der Waals surface area contributed by atoms with Gasteiger partial charge in [-0.15, -0.1) is 0 Å². The van der Waals surface area contributed by atoms with Gasteiger partial charge in [0.25, 0.3) is 0 Å². The third-order valence-corrected chi connectivity index (χ3v) is 7.46. The highest BCUT2D eigenvalue weighted by molar-refractivity contribution is 7.84. The number of hydrogen-bond donors (Lipinski definition) is 0. The second-order valence-electron chi connectivity index (χ2n) is 9.53. The van der Waals surface area contributed by atoms with E-state index in [0.29, 0.717) is 45.8 Å². The van der Waals surface area contributed by atoms with Crippen LogP contribution in [0.4, 0.5) is 5.69 Å². The summed E-state index contributed by atoms with van der Waals surface area (Å²) in [4.78, 5) is 14.7. The highest BCUT2D eigenvalue weighted by atomic mass is 32.2. The van der Waals surface area contributed by atoms with Crippen LogP contribution < -0.4 is 9.64 Å². The van der Waals surface area contributed by atoms with Crippen molar-refractivity contribution in [1.29, 1.82) is 0 Å². The van der Waals surface area contributed by atoms with Crippen LogP contribution in [0.15, 0.2) is 24.3 Å². The Bertz CT molecular complexity index is 875. The van der Waals surface area contributed by atoms with Gasteiger partial charge in [-0.05, 0) is 42.5 Å². The number of carbonyl (C=O) groups is 1. The molecule has 0 saturated carbocycles. The lowest BCUT2D eigenvalue weighted by Crippen LogP contribution is -2.50. The van der Waals surface area contributed by atoms with E-state index in [1.165, 1.54) is 4.31 Å². The van der Waals surface area contributed by atoms with Crippen molar-refractivity contribution in [3.63, 3.8) is 0 Å². The summed E-state index contributed by atoms with van der Waals surface area (Å²) in [5.41, 5.74) is 0.862. The molecule has 0 radical (unpaired) electrons. The average molecular weight is 485 g/mol. The Morgan fingerprint density at radius 1 is 1.09 bits per heavy atom. The molecule has 33 heavy (non-hydrogen) atoms. The van der Waals surface area contributed by atoms with Crippen molar-refractivity contribution in [2.24, 2.45) is 11.3 Å². The van der Waals surface area contributed by atoms with Crippen LogP contribution >= 0.6 is 0 Å². The number of benzene rings is 1. The molecule has 9 nitrogen and oxygen atoms in total. The van der Waals surface area contributed by atoms with E-state index in [1.54, 1.807) is 7.11 Å². The number of carbonyl (C=O) groups excluding carboxylic acids is 1. The first-order valence-corrected chi connectivity index (χ1v) is 12.8. The molecule has 1 aromatic carbocycles. The summed E-state index contributed by atoms with van der Waals surface area (Å²) in [7, 11) is -2.50. The Morgan fingerprint density at radius 3 is 2.36 bits per heavy atom. The fraction of sp³-hybridized carbons (Fsp3) is 0.696. The first-order valence-electron chi connectivity index (χ1n) is 11.4. The summed E-state index contributed by atoms with van der Waals surface area (Å²) in [6, 6.07) is 7.66. The number of methoxy groups -OCH3 is 1. The first kappa shape index (κ1) is 25.7. The smallest absolute Gasteiger partial charge is 0.387 e. The van der Waals surface area contributed by atoms with Crippen LogP contribution in [0, 0.1) is 11.3 Å². The Kier molecular flexibility index (Phi) is 8.60. The van der Waals surface area contributed by atoms with E-state index >= 15 is 0 Å². The Morgan fingerprint density at radius 2 is 1.76 bits per heavy atom. The van der Waals surface area contributed by atoms with Gasteiger partial charge < -0.3 is 23.3 Å². The van der Waals surface area contributed by atoms with Gasteiger partial charge in [0, 0.05) is 45.6 Å². The van der Waals surface area contributed by atoms with Crippen molar-refractivity contribution < 1.29 is 31.6 Å². The van der Waals surface area contributed by atoms with Gasteiger partial charge in [0.05, 0.1) is 18.6 Å². The van der Waals surface area contributed by atoms with Gasteiger partial charge in [-0.3, -0.25) is 4.79 Å². The van der Waals surface area contributed by atoms with Crippen molar-refractivity contribution in [2.45, 2.75) is 39.7 Å². The summed E-state index contributed by atoms with van der Waals surface area (Å²) in [5.74, 6) is -0.395. The van der Waals surface area contributed by atoms with E-state index in [9.17, 15) is 13.2 Å². The largest absolute Gasteiger partial charge is 0.491 e. The van der Waals surface area contributed by atoms with Gasteiger partial charge in [-0.25, -0.2) is 0 Å². The molecule has 2 saturated heterocycles. The van der Waals surface area contributed by atoms with Gasteiger partial charge in [0.1, 0.15) is 12.4 Å². The zero-order chi connectivity index (χ0) is 24.1. The fourth-order valence-corrected chi connectivity index (χ4v) is 5.06. The van der Waals surface area contributed by atoms with Crippen molar-refractivity contribution in [3.05, 3.63) is 24.3 Å². The number of nitrogens with zero attached hydrogens (tertiary/aromatic N) is 2. The molecular weight excluding hydrogens is 448 g/mol. The van der Waals surface area contributed by atoms with Crippen LogP contribution in [-0.2, 0) is 28.8 Å². The Balaban J connectivity index is 1.50. The van der Waals surface area contributed by atoms with Gasteiger partial charge >= 0.3 is 16.3 Å². The van der Waals surface area contributed by atoms with E-state index in [-0.39, 0.29) is 24.6 Å². The fourth-order valence-electron chi connectivity index (χ4n) is 4.00.